The van der Waals surface area contributed by atoms with Crippen molar-refractivity contribution < 1.29 is 4.79 Å². The number of amides is 1. The third-order valence-corrected chi connectivity index (χ3v) is 4.70. The van der Waals surface area contributed by atoms with Crippen LogP contribution in [0.1, 0.15) is 5.56 Å². The van der Waals surface area contributed by atoms with E-state index in [2.05, 4.69) is 32.2 Å². The number of anilines is 2. The number of carbonyl (C=O) groups is 1. The van der Waals surface area contributed by atoms with E-state index in [1.807, 2.05) is 18.2 Å². The van der Waals surface area contributed by atoms with E-state index >= 15 is 0 Å². The summed E-state index contributed by atoms with van der Waals surface area (Å²) in [7, 11) is 0. The van der Waals surface area contributed by atoms with E-state index < -0.39 is 0 Å². The summed E-state index contributed by atoms with van der Waals surface area (Å²) in [5.41, 5.74) is 3.99. The summed E-state index contributed by atoms with van der Waals surface area (Å²) < 4.78 is 0. The predicted octanol–water partition coefficient (Wildman–Crippen LogP) is 2.26. The summed E-state index contributed by atoms with van der Waals surface area (Å²) in [5, 5.41) is 11.6. The first-order valence-corrected chi connectivity index (χ1v) is 8.67. The van der Waals surface area contributed by atoms with E-state index in [0.717, 1.165) is 31.2 Å². The van der Waals surface area contributed by atoms with Crippen LogP contribution in [0.4, 0.5) is 10.8 Å². The number of hydrogen-bond acceptors (Lipinski definition) is 6. The minimum atomic E-state index is -0.0471. The molecule has 8 heteroatoms. The highest BCUT2D eigenvalue weighted by Crippen LogP contribution is 2.25. The molecule has 2 heterocycles. The first kappa shape index (κ1) is 16.2. The fourth-order valence-electron chi connectivity index (χ4n) is 2.66. The van der Waals surface area contributed by atoms with E-state index in [1.54, 1.807) is 5.51 Å². The lowest BCUT2D eigenvalue weighted by Gasteiger charge is -2.36. The molecule has 0 atom stereocenters. The smallest absolute Gasteiger partial charge is 0.240 e. The largest absolute Gasteiger partial charge is 0.369 e. The number of piperazine rings is 1. The standard InChI is InChI=1S/C15H18ClN5OS/c1-11-2-3-12(16)8-13(11)21-6-4-20(5-7-21)9-14(22)18-15-19-17-10-23-15/h2-3,8,10H,4-7,9H2,1H3,(H,18,19,22). The van der Waals surface area contributed by atoms with Gasteiger partial charge >= 0.3 is 0 Å². The van der Waals surface area contributed by atoms with E-state index in [-0.39, 0.29) is 5.91 Å². The Hall–Kier alpha value is -1.70. The third kappa shape index (κ3) is 4.19. The molecule has 1 aromatic carbocycles. The second-order valence-corrected chi connectivity index (χ2v) is 6.76. The molecule has 122 valence electrons. The number of nitrogens with zero attached hydrogens (tertiary/aromatic N) is 4. The van der Waals surface area contributed by atoms with Crippen LogP contribution >= 0.6 is 22.9 Å². The van der Waals surface area contributed by atoms with Crippen LogP contribution < -0.4 is 10.2 Å². The van der Waals surface area contributed by atoms with Gasteiger partial charge in [-0.1, -0.05) is 29.0 Å². The molecule has 0 aliphatic carbocycles. The van der Waals surface area contributed by atoms with Gasteiger partial charge in [0.05, 0.1) is 6.54 Å². The number of nitrogens with one attached hydrogen (secondary N) is 1. The summed E-state index contributed by atoms with van der Waals surface area (Å²) in [4.78, 5) is 16.4. The van der Waals surface area contributed by atoms with E-state index in [9.17, 15) is 4.79 Å². The van der Waals surface area contributed by atoms with E-state index in [1.165, 1.54) is 22.6 Å². The Labute approximate surface area is 144 Å². The minimum Gasteiger partial charge on any atom is -0.369 e. The summed E-state index contributed by atoms with van der Waals surface area (Å²) in [5.74, 6) is -0.0471. The molecule has 0 spiro atoms. The number of rotatable bonds is 4. The minimum absolute atomic E-state index is 0.0471. The molecule has 0 unspecified atom stereocenters. The topological polar surface area (TPSA) is 61.4 Å². The summed E-state index contributed by atoms with van der Waals surface area (Å²) in [6.45, 7) is 5.92. The monoisotopic (exact) mass is 351 g/mol. The van der Waals surface area contributed by atoms with Crippen LogP contribution in [0.15, 0.2) is 23.7 Å². The zero-order valence-electron chi connectivity index (χ0n) is 12.8. The van der Waals surface area contributed by atoms with Crippen molar-refractivity contribution in [2.75, 3.05) is 42.9 Å². The van der Waals surface area contributed by atoms with E-state index in [4.69, 9.17) is 11.6 Å². The highest BCUT2D eigenvalue weighted by atomic mass is 35.5. The van der Waals surface area contributed by atoms with Crippen molar-refractivity contribution in [2.45, 2.75) is 6.92 Å². The van der Waals surface area contributed by atoms with Gasteiger partial charge in [0, 0.05) is 36.9 Å². The molecule has 1 fully saturated rings. The SMILES string of the molecule is Cc1ccc(Cl)cc1N1CCN(CC(=O)Nc2nncs2)CC1. The highest BCUT2D eigenvalue weighted by molar-refractivity contribution is 7.13. The van der Waals surface area contributed by atoms with Crippen LogP contribution in [0.5, 0.6) is 0 Å². The Morgan fingerprint density at radius 2 is 2.13 bits per heavy atom. The molecular weight excluding hydrogens is 334 g/mol. The van der Waals surface area contributed by atoms with Gasteiger partial charge in [-0.25, -0.2) is 0 Å². The lowest BCUT2D eigenvalue weighted by Crippen LogP contribution is -2.48. The van der Waals surface area contributed by atoms with Crippen molar-refractivity contribution in [3.05, 3.63) is 34.3 Å². The fraction of sp³-hybridized carbons (Fsp3) is 0.400. The molecule has 0 bridgehead atoms. The average molecular weight is 352 g/mol. The number of aryl methyl sites for hydroxylation is 1. The second-order valence-electron chi connectivity index (χ2n) is 5.49. The molecule has 6 nitrogen and oxygen atoms in total. The number of halogens is 1. The first-order valence-electron chi connectivity index (χ1n) is 7.41. The summed E-state index contributed by atoms with van der Waals surface area (Å²) in [6, 6.07) is 5.96. The van der Waals surface area contributed by atoms with Gasteiger partial charge in [-0.2, -0.15) is 0 Å². The number of hydrogen-bond donors (Lipinski definition) is 1. The molecule has 1 amide bonds. The van der Waals surface area contributed by atoms with Gasteiger partial charge in [0.25, 0.3) is 0 Å². The third-order valence-electron chi connectivity index (χ3n) is 3.86. The van der Waals surface area contributed by atoms with Crippen molar-refractivity contribution in [2.24, 2.45) is 0 Å². The van der Waals surface area contributed by atoms with Crippen molar-refractivity contribution in [1.29, 1.82) is 0 Å². The Morgan fingerprint density at radius 1 is 1.35 bits per heavy atom. The maximum atomic E-state index is 12.0. The van der Waals surface area contributed by atoms with Crippen molar-refractivity contribution in [1.82, 2.24) is 15.1 Å². The van der Waals surface area contributed by atoms with Gasteiger partial charge in [0.15, 0.2) is 0 Å². The van der Waals surface area contributed by atoms with Crippen LogP contribution in [-0.4, -0.2) is 53.7 Å². The molecule has 0 saturated carbocycles. The maximum absolute atomic E-state index is 12.0. The Balaban J connectivity index is 1.52. The normalized spacial score (nSPS) is 15.7. The van der Waals surface area contributed by atoms with Crippen LogP contribution in [-0.2, 0) is 4.79 Å². The lowest BCUT2D eigenvalue weighted by molar-refractivity contribution is -0.117. The summed E-state index contributed by atoms with van der Waals surface area (Å²) in [6.07, 6.45) is 0. The molecular formula is C15H18ClN5OS. The molecule has 23 heavy (non-hydrogen) atoms. The van der Waals surface area contributed by atoms with Gasteiger partial charge in [-0.15, -0.1) is 10.2 Å². The number of benzene rings is 1. The molecule has 1 N–H and O–H groups in total. The van der Waals surface area contributed by atoms with Gasteiger partial charge in [-0.3, -0.25) is 15.0 Å². The average Bonchev–Trinajstić information content (AvgIpc) is 3.03. The van der Waals surface area contributed by atoms with Crippen LogP contribution in [0.3, 0.4) is 0 Å². The molecule has 1 saturated heterocycles. The Morgan fingerprint density at radius 3 is 2.83 bits per heavy atom. The quantitative estimate of drug-likeness (QED) is 0.915. The van der Waals surface area contributed by atoms with Crippen molar-refractivity contribution in [3.63, 3.8) is 0 Å². The van der Waals surface area contributed by atoms with Crippen molar-refractivity contribution in [3.8, 4) is 0 Å². The number of aromatic nitrogens is 2. The molecule has 3 rings (SSSR count). The van der Waals surface area contributed by atoms with Crippen LogP contribution in [0.25, 0.3) is 0 Å². The molecule has 1 aliphatic rings. The molecule has 2 aromatic rings. The molecule has 1 aliphatic heterocycles. The summed E-state index contributed by atoms with van der Waals surface area (Å²) >= 11 is 7.42. The first-order chi connectivity index (χ1) is 11.1. The number of carbonyl (C=O) groups excluding carboxylic acids is 1. The molecule has 0 radical (unpaired) electrons. The van der Waals surface area contributed by atoms with Gasteiger partial charge in [-0.05, 0) is 24.6 Å². The Kier molecular flexibility index (Phi) is 5.09. The maximum Gasteiger partial charge on any atom is 0.240 e. The zero-order valence-corrected chi connectivity index (χ0v) is 14.4. The highest BCUT2D eigenvalue weighted by Gasteiger charge is 2.20. The van der Waals surface area contributed by atoms with Gasteiger partial charge < -0.3 is 4.90 Å². The van der Waals surface area contributed by atoms with Crippen LogP contribution in [0.2, 0.25) is 5.02 Å². The molecule has 1 aromatic heterocycles. The van der Waals surface area contributed by atoms with Gasteiger partial charge in [0.1, 0.15) is 5.51 Å². The van der Waals surface area contributed by atoms with Crippen molar-refractivity contribution >= 4 is 39.7 Å². The zero-order chi connectivity index (χ0) is 16.2. The Bertz CT molecular complexity index is 671. The van der Waals surface area contributed by atoms with Gasteiger partial charge in [0.2, 0.25) is 11.0 Å². The lowest BCUT2D eigenvalue weighted by atomic mass is 10.1. The second kappa shape index (κ2) is 7.25. The van der Waals surface area contributed by atoms with Crippen LogP contribution in [0, 0.1) is 6.92 Å². The fourth-order valence-corrected chi connectivity index (χ4v) is 3.29. The van der Waals surface area contributed by atoms with E-state index in [0.29, 0.717) is 11.7 Å². The predicted molar refractivity (Wildman–Crippen MR) is 93.4 cm³/mol.